The lowest BCUT2D eigenvalue weighted by Crippen LogP contribution is -2.22. The van der Waals surface area contributed by atoms with Gasteiger partial charge in [-0.3, -0.25) is 4.79 Å². The normalized spacial score (nSPS) is 17.1. The summed E-state index contributed by atoms with van der Waals surface area (Å²) >= 11 is 0. The number of rotatable bonds is 3. The number of hydrogen-bond donors (Lipinski definition) is 0. The van der Waals surface area contributed by atoms with E-state index in [9.17, 15) is 4.79 Å². The zero-order valence-corrected chi connectivity index (χ0v) is 11.3. The lowest BCUT2D eigenvalue weighted by atomic mass is 10.00. The van der Waals surface area contributed by atoms with E-state index < -0.39 is 5.79 Å². The Bertz CT molecular complexity index is 596. The van der Waals surface area contributed by atoms with Gasteiger partial charge in [-0.15, -0.1) is 0 Å². The van der Waals surface area contributed by atoms with Crippen LogP contribution in [0.3, 0.4) is 0 Å². The minimum absolute atomic E-state index is 0.0237. The Kier molecular flexibility index (Phi) is 3.38. The summed E-state index contributed by atoms with van der Waals surface area (Å²) in [6.45, 7) is 3.09. The van der Waals surface area contributed by atoms with Crippen molar-refractivity contribution in [2.24, 2.45) is 0 Å². The van der Waals surface area contributed by atoms with E-state index in [2.05, 4.69) is 0 Å². The molecule has 2 aromatic carbocycles. The standard InChI is InChI=1S/C17H16O3/c1-17(19-11-12-20-17)15-9-7-14(8-10-15)16(18)13-5-3-2-4-6-13/h2-10H,11-12H2,1H3. The fourth-order valence-electron chi connectivity index (χ4n) is 2.36. The van der Waals surface area contributed by atoms with Crippen molar-refractivity contribution in [2.75, 3.05) is 13.2 Å². The molecule has 3 heteroatoms. The monoisotopic (exact) mass is 268 g/mol. The average molecular weight is 268 g/mol. The summed E-state index contributed by atoms with van der Waals surface area (Å²) in [4.78, 5) is 12.3. The van der Waals surface area contributed by atoms with E-state index in [-0.39, 0.29) is 5.78 Å². The van der Waals surface area contributed by atoms with Gasteiger partial charge in [0, 0.05) is 16.7 Å². The van der Waals surface area contributed by atoms with Crippen molar-refractivity contribution in [1.82, 2.24) is 0 Å². The molecule has 0 aliphatic carbocycles. The maximum Gasteiger partial charge on any atom is 0.193 e. The van der Waals surface area contributed by atoms with E-state index in [1.54, 1.807) is 0 Å². The van der Waals surface area contributed by atoms with Gasteiger partial charge in [0.05, 0.1) is 13.2 Å². The minimum atomic E-state index is -0.686. The fourth-order valence-corrected chi connectivity index (χ4v) is 2.36. The molecule has 0 aromatic heterocycles. The summed E-state index contributed by atoms with van der Waals surface area (Å²) in [6.07, 6.45) is 0. The SMILES string of the molecule is CC1(c2ccc(C(=O)c3ccccc3)cc2)OCCO1. The molecule has 2 aromatic rings. The van der Waals surface area contributed by atoms with Gasteiger partial charge in [-0.05, 0) is 6.92 Å². The number of hydrogen-bond acceptors (Lipinski definition) is 3. The summed E-state index contributed by atoms with van der Waals surface area (Å²) in [7, 11) is 0. The van der Waals surface area contributed by atoms with Crippen LogP contribution in [0.4, 0.5) is 0 Å². The average Bonchev–Trinajstić information content (AvgIpc) is 2.96. The lowest BCUT2D eigenvalue weighted by Gasteiger charge is -2.22. The highest BCUT2D eigenvalue weighted by atomic mass is 16.7. The van der Waals surface area contributed by atoms with Crippen LogP contribution in [-0.4, -0.2) is 19.0 Å². The van der Waals surface area contributed by atoms with E-state index >= 15 is 0 Å². The first-order valence-corrected chi connectivity index (χ1v) is 6.67. The number of ketones is 1. The molecule has 1 aliphatic rings. The second-order valence-corrected chi connectivity index (χ2v) is 4.92. The van der Waals surface area contributed by atoms with Crippen LogP contribution >= 0.6 is 0 Å². The van der Waals surface area contributed by atoms with Crippen LogP contribution in [0.1, 0.15) is 28.4 Å². The molecule has 20 heavy (non-hydrogen) atoms. The van der Waals surface area contributed by atoms with Gasteiger partial charge in [0.2, 0.25) is 0 Å². The quantitative estimate of drug-likeness (QED) is 0.802. The molecule has 102 valence electrons. The highest BCUT2D eigenvalue weighted by Crippen LogP contribution is 2.30. The molecule has 3 rings (SSSR count). The van der Waals surface area contributed by atoms with E-state index in [0.29, 0.717) is 24.3 Å². The van der Waals surface area contributed by atoms with Gasteiger partial charge in [-0.25, -0.2) is 0 Å². The zero-order valence-electron chi connectivity index (χ0n) is 11.3. The summed E-state index contributed by atoms with van der Waals surface area (Å²) in [5.74, 6) is -0.663. The van der Waals surface area contributed by atoms with Crippen molar-refractivity contribution in [1.29, 1.82) is 0 Å². The Morgan fingerprint density at radius 1 is 0.900 bits per heavy atom. The van der Waals surface area contributed by atoms with Crippen molar-refractivity contribution >= 4 is 5.78 Å². The van der Waals surface area contributed by atoms with E-state index in [4.69, 9.17) is 9.47 Å². The molecule has 1 fully saturated rings. The van der Waals surface area contributed by atoms with Crippen molar-refractivity contribution < 1.29 is 14.3 Å². The van der Waals surface area contributed by atoms with Crippen molar-refractivity contribution in [3.63, 3.8) is 0 Å². The van der Waals surface area contributed by atoms with Crippen molar-refractivity contribution in [2.45, 2.75) is 12.7 Å². The molecular formula is C17H16O3. The van der Waals surface area contributed by atoms with Crippen LogP contribution in [0.2, 0.25) is 0 Å². The molecule has 0 N–H and O–H groups in total. The van der Waals surface area contributed by atoms with E-state index in [1.165, 1.54) is 0 Å². The molecule has 1 saturated heterocycles. The molecular weight excluding hydrogens is 252 g/mol. The first-order chi connectivity index (χ1) is 9.69. The number of ether oxygens (including phenoxy) is 2. The van der Waals surface area contributed by atoms with Gasteiger partial charge in [-0.1, -0.05) is 54.6 Å². The molecule has 3 nitrogen and oxygen atoms in total. The molecule has 0 amide bonds. The Morgan fingerprint density at radius 2 is 1.45 bits per heavy atom. The van der Waals surface area contributed by atoms with Gasteiger partial charge in [0.15, 0.2) is 11.6 Å². The maximum atomic E-state index is 12.3. The number of benzene rings is 2. The highest BCUT2D eigenvalue weighted by Gasteiger charge is 2.32. The molecule has 0 radical (unpaired) electrons. The third-order valence-electron chi connectivity index (χ3n) is 3.55. The predicted molar refractivity (Wildman–Crippen MR) is 75.6 cm³/mol. The van der Waals surface area contributed by atoms with Crippen LogP contribution < -0.4 is 0 Å². The van der Waals surface area contributed by atoms with Crippen molar-refractivity contribution in [3.8, 4) is 0 Å². The third-order valence-corrected chi connectivity index (χ3v) is 3.55. The Hall–Kier alpha value is -1.97. The molecule has 0 bridgehead atoms. The van der Waals surface area contributed by atoms with E-state index in [0.717, 1.165) is 5.56 Å². The van der Waals surface area contributed by atoms with Gasteiger partial charge < -0.3 is 9.47 Å². The Labute approximate surface area is 118 Å². The first-order valence-electron chi connectivity index (χ1n) is 6.67. The number of carbonyl (C=O) groups excluding carboxylic acids is 1. The van der Waals surface area contributed by atoms with Crippen molar-refractivity contribution in [3.05, 3.63) is 71.3 Å². The van der Waals surface area contributed by atoms with Gasteiger partial charge >= 0.3 is 0 Å². The summed E-state index contributed by atoms with van der Waals surface area (Å²) in [6, 6.07) is 16.7. The van der Waals surface area contributed by atoms with Crippen LogP contribution in [0.25, 0.3) is 0 Å². The predicted octanol–water partition coefficient (Wildman–Crippen LogP) is 3.14. The third kappa shape index (κ3) is 2.38. The summed E-state index contributed by atoms with van der Waals surface area (Å²) < 4.78 is 11.2. The summed E-state index contributed by atoms with van der Waals surface area (Å²) in [5.41, 5.74) is 2.29. The largest absolute Gasteiger partial charge is 0.344 e. The molecule has 1 aliphatic heterocycles. The van der Waals surface area contributed by atoms with Gasteiger partial charge in [-0.2, -0.15) is 0 Å². The highest BCUT2D eigenvalue weighted by molar-refractivity contribution is 6.08. The van der Waals surface area contributed by atoms with E-state index in [1.807, 2.05) is 61.5 Å². The lowest BCUT2D eigenvalue weighted by molar-refractivity contribution is -0.149. The van der Waals surface area contributed by atoms with Crippen LogP contribution in [0.15, 0.2) is 54.6 Å². The maximum absolute atomic E-state index is 12.3. The van der Waals surface area contributed by atoms with Gasteiger partial charge in [0.1, 0.15) is 0 Å². The second-order valence-electron chi connectivity index (χ2n) is 4.92. The van der Waals surface area contributed by atoms with Crippen LogP contribution in [0.5, 0.6) is 0 Å². The fraction of sp³-hybridized carbons (Fsp3) is 0.235. The van der Waals surface area contributed by atoms with Crippen LogP contribution in [-0.2, 0) is 15.3 Å². The molecule has 0 unspecified atom stereocenters. The number of carbonyl (C=O) groups is 1. The molecule has 0 spiro atoms. The minimum Gasteiger partial charge on any atom is -0.344 e. The topological polar surface area (TPSA) is 35.5 Å². The zero-order chi connectivity index (χ0) is 14.0. The smallest absolute Gasteiger partial charge is 0.193 e. The Morgan fingerprint density at radius 3 is 2.05 bits per heavy atom. The Balaban J connectivity index is 1.85. The molecule has 0 atom stereocenters. The van der Waals surface area contributed by atoms with Gasteiger partial charge in [0.25, 0.3) is 0 Å². The molecule has 0 saturated carbocycles. The molecule has 1 heterocycles. The van der Waals surface area contributed by atoms with Crippen LogP contribution in [0, 0.1) is 0 Å². The second kappa shape index (κ2) is 5.19. The first kappa shape index (κ1) is 13.0. The summed E-state index contributed by atoms with van der Waals surface area (Å²) in [5, 5.41) is 0.